The fourth-order valence-electron chi connectivity index (χ4n) is 1.66. The number of benzene rings is 1. The molecule has 0 radical (unpaired) electrons. The van der Waals surface area contributed by atoms with E-state index in [1.807, 2.05) is 13.0 Å². The summed E-state index contributed by atoms with van der Waals surface area (Å²) in [5.74, 6) is 2.04. The van der Waals surface area contributed by atoms with E-state index in [1.165, 1.54) is 11.0 Å². The van der Waals surface area contributed by atoms with Crippen LogP contribution in [0.5, 0.6) is 0 Å². The zero-order chi connectivity index (χ0) is 14.5. The highest BCUT2D eigenvalue weighted by atomic mass is 16.2. The molecule has 1 aromatic carbocycles. The number of rotatable bonds is 4. The van der Waals surface area contributed by atoms with Crippen LogP contribution >= 0.6 is 0 Å². The van der Waals surface area contributed by atoms with Gasteiger partial charge >= 0.3 is 0 Å². The first kappa shape index (κ1) is 13.7. The predicted molar refractivity (Wildman–Crippen MR) is 73.9 cm³/mol. The number of nitrogens with one attached hydrogen (secondary N) is 1. The number of amides is 1. The van der Waals surface area contributed by atoms with Crippen LogP contribution in [-0.2, 0) is 4.79 Å². The highest BCUT2D eigenvalue weighted by molar-refractivity contribution is 5.95. The van der Waals surface area contributed by atoms with Gasteiger partial charge in [-0.25, -0.2) is 4.68 Å². The maximum atomic E-state index is 11.8. The van der Waals surface area contributed by atoms with Crippen LogP contribution in [-0.4, -0.2) is 32.2 Å². The summed E-state index contributed by atoms with van der Waals surface area (Å²) in [6.45, 7) is 1.92. The van der Waals surface area contributed by atoms with Crippen molar-refractivity contribution in [2.45, 2.75) is 19.4 Å². The number of anilines is 1. The zero-order valence-corrected chi connectivity index (χ0v) is 10.9. The SMILES string of the molecule is C#CCC(N)C(=O)Nc1ccc(C)c(-n2cnnn2)c1. The van der Waals surface area contributed by atoms with Crippen LogP contribution in [0.1, 0.15) is 12.0 Å². The summed E-state index contributed by atoms with van der Waals surface area (Å²) in [5, 5.41) is 13.7. The van der Waals surface area contributed by atoms with E-state index in [0.29, 0.717) is 5.69 Å². The van der Waals surface area contributed by atoms with Gasteiger partial charge in [0.2, 0.25) is 5.91 Å². The summed E-state index contributed by atoms with van der Waals surface area (Å²) in [4.78, 5) is 11.8. The molecule has 2 aromatic rings. The first-order valence-corrected chi connectivity index (χ1v) is 5.95. The molecule has 1 unspecified atom stereocenters. The van der Waals surface area contributed by atoms with Gasteiger partial charge < -0.3 is 11.1 Å². The molecule has 0 aliphatic heterocycles. The van der Waals surface area contributed by atoms with Crippen molar-refractivity contribution >= 4 is 11.6 Å². The normalized spacial score (nSPS) is 11.7. The molecule has 0 aliphatic carbocycles. The minimum absolute atomic E-state index is 0.192. The van der Waals surface area contributed by atoms with Crippen LogP contribution in [0.4, 0.5) is 5.69 Å². The molecular weight excluding hydrogens is 256 g/mol. The van der Waals surface area contributed by atoms with Gasteiger partial charge in [-0.05, 0) is 35.0 Å². The van der Waals surface area contributed by atoms with Gasteiger partial charge in [-0.15, -0.1) is 17.4 Å². The number of nitrogens with two attached hydrogens (primary N) is 1. The monoisotopic (exact) mass is 270 g/mol. The van der Waals surface area contributed by atoms with Crippen molar-refractivity contribution < 1.29 is 4.79 Å². The number of aromatic nitrogens is 4. The van der Waals surface area contributed by atoms with E-state index in [-0.39, 0.29) is 12.3 Å². The third kappa shape index (κ3) is 2.99. The smallest absolute Gasteiger partial charge is 0.242 e. The van der Waals surface area contributed by atoms with E-state index in [4.69, 9.17) is 12.2 Å². The Morgan fingerprint density at radius 3 is 3.05 bits per heavy atom. The molecule has 0 spiro atoms. The summed E-state index contributed by atoms with van der Waals surface area (Å²) in [7, 11) is 0. The van der Waals surface area contributed by atoms with Crippen molar-refractivity contribution in [3.63, 3.8) is 0 Å². The molecular formula is C13H14N6O. The standard InChI is InChI=1S/C13H14N6O/c1-3-4-11(14)13(20)16-10-6-5-9(2)12(7-10)19-8-15-17-18-19/h1,5-8,11H,4,14H2,2H3,(H,16,20). The molecule has 0 aliphatic rings. The Kier molecular flexibility index (Phi) is 4.08. The molecule has 7 nitrogen and oxygen atoms in total. The molecule has 1 atom stereocenters. The molecule has 1 aromatic heterocycles. The summed E-state index contributed by atoms with van der Waals surface area (Å²) in [5.41, 5.74) is 8.01. The Morgan fingerprint density at radius 2 is 2.40 bits per heavy atom. The van der Waals surface area contributed by atoms with Gasteiger partial charge in [0, 0.05) is 12.1 Å². The lowest BCUT2D eigenvalue weighted by molar-refractivity contribution is -0.117. The summed E-state index contributed by atoms with van der Waals surface area (Å²) < 4.78 is 1.52. The Hall–Kier alpha value is -2.72. The van der Waals surface area contributed by atoms with E-state index in [2.05, 4.69) is 26.8 Å². The molecule has 0 saturated carbocycles. The molecule has 20 heavy (non-hydrogen) atoms. The number of carbonyl (C=O) groups is 1. The Labute approximate surface area is 116 Å². The van der Waals surface area contributed by atoms with Crippen LogP contribution in [0.3, 0.4) is 0 Å². The molecule has 1 amide bonds. The molecule has 1 heterocycles. The second-order valence-corrected chi connectivity index (χ2v) is 4.26. The van der Waals surface area contributed by atoms with E-state index in [0.717, 1.165) is 11.3 Å². The van der Waals surface area contributed by atoms with Gasteiger partial charge in [-0.2, -0.15) is 0 Å². The second-order valence-electron chi connectivity index (χ2n) is 4.26. The third-order valence-corrected chi connectivity index (χ3v) is 2.75. The summed E-state index contributed by atoms with van der Waals surface area (Å²) >= 11 is 0. The first-order chi connectivity index (χ1) is 9.61. The van der Waals surface area contributed by atoms with Gasteiger partial charge in [0.1, 0.15) is 6.33 Å². The maximum absolute atomic E-state index is 11.8. The largest absolute Gasteiger partial charge is 0.325 e. The maximum Gasteiger partial charge on any atom is 0.242 e. The Morgan fingerprint density at radius 1 is 1.60 bits per heavy atom. The number of nitrogens with zero attached hydrogens (tertiary/aromatic N) is 4. The van der Waals surface area contributed by atoms with Crippen LogP contribution in [0.25, 0.3) is 5.69 Å². The number of hydrogen-bond donors (Lipinski definition) is 2. The first-order valence-electron chi connectivity index (χ1n) is 5.95. The van der Waals surface area contributed by atoms with Gasteiger partial charge in [0.05, 0.1) is 11.7 Å². The van der Waals surface area contributed by atoms with Crippen molar-refractivity contribution in [3.05, 3.63) is 30.1 Å². The number of hydrogen-bond acceptors (Lipinski definition) is 5. The highest BCUT2D eigenvalue weighted by Gasteiger charge is 2.13. The quantitative estimate of drug-likeness (QED) is 0.776. The Balaban J connectivity index is 2.21. The number of carbonyl (C=O) groups excluding carboxylic acids is 1. The fourth-order valence-corrected chi connectivity index (χ4v) is 1.66. The van der Waals surface area contributed by atoms with E-state index in [9.17, 15) is 4.79 Å². The van der Waals surface area contributed by atoms with Crippen molar-refractivity contribution in [1.82, 2.24) is 20.2 Å². The molecule has 0 saturated heterocycles. The molecule has 7 heteroatoms. The minimum atomic E-state index is -0.724. The van der Waals surface area contributed by atoms with Crippen LogP contribution < -0.4 is 11.1 Å². The lowest BCUT2D eigenvalue weighted by atomic mass is 10.1. The number of aryl methyl sites for hydroxylation is 1. The fraction of sp³-hybridized carbons (Fsp3) is 0.231. The van der Waals surface area contributed by atoms with Crippen LogP contribution in [0.2, 0.25) is 0 Å². The van der Waals surface area contributed by atoms with Crippen LogP contribution in [0.15, 0.2) is 24.5 Å². The van der Waals surface area contributed by atoms with Gasteiger partial charge in [-0.3, -0.25) is 4.79 Å². The van der Waals surface area contributed by atoms with Crippen molar-refractivity contribution in [1.29, 1.82) is 0 Å². The van der Waals surface area contributed by atoms with Crippen LogP contribution in [0, 0.1) is 19.3 Å². The summed E-state index contributed by atoms with van der Waals surface area (Å²) in [6, 6.07) is 4.69. The molecule has 3 N–H and O–H groups in total. The summed E-state index contributed by atoms with van der Waals surface area (Å²) in [6.07, 6.45) is 6.81. The molecule has 0 bridgehead atoms. The molecule has 2 rings (SSSR count). The number of tetrazole rings is 1. The highest BCUT2D eigenvalue weighted by Crippen LogP contribution is 2.18. The average Bonchev–Trinajstić information content (AvgIpc) is 2.95. The van der Waals surface area contributed by atoms with E-state index < -0.39 is 6.04 Å². The second kappa shape index (κ2) is 5.95. The van der Waals surface area contributed by atoms with Gasteiger partial charge in [0.15, 0.2) is 0 Å². The lowest BCUT2D eigenvalue weighted by Gasteiger charge is -2.12. The van der Waals surface area contributed by atoms with Gasteiger partial charge in [0.25, 0.3) is 0 Å². The van der Waals surface area contributed by atoms with Crippen molar-refractivity contribution in [2.24, 2.45) is 5.73 Å². The van der Waals surface area contributed by atoms with Gasteiger partial charge in [-0.1, -0.05) is 6.07 Å². The van der Waals surface area contributed by atoms with Crippen molar-refractivity contribution in [3.8, 4) is 18.0 Å². The minimum Gasteiger partial charge on any atom is -0.325 e. The average molecular weight is 270 g/mol. The topological polar surface area (TPSA) is 98.7 Å². The zero-order valence-electron chi connectivity index (χ0n) is 10.9. The van der Waals surface area contributed by atoms with E-state index >= 15 is 0 Å². The number of terminal acetylenes is 1. The van der Waals surface area contributed by atoms with E-state index in [1.54, 1.807) is 12.1 Å². The molecule has 102 valence electrons. The third-order valence-electron chi connectivity index (χ3n) is 2.75. The lowest BCUT2D eigenvalue weighted by Crippen LogP contribution is -2.35. The molecule has 0 fully saturated rings. The predicted octanol–water partition coefficient (Wildman–Crippen LogP) is 0.260. The van der Waals surface area contributed by atoms with Crippen molar-refractivity contribution in [2.75, 3.05) is 5.32 Å². The Bertz CT molecular complexity index is 643.